The Kier molecular flexibility index (Phi) is 5.41. The Morgan fingerprint density at radius 3 is 2.45 bits per heavy atom. The number of hydrogen-bond donors (Lipinski definition) is 1. The average molecular weight is 275 g/mol. The number of rotatable bonds is 8. The van der Waals surface area contributed by atoms with Crippen LogP contribution in [0.4, 0.5) is 6.01 Å². The van der Waals surface area contributed by atoms with Gasteiger partial charge in [0.25, 0.3) is 0 Å². The highest BCUT2D eigenvalue weighted by Gasteiger charge is 2.06. The second-order valence-corrected chi connectivity index (χ2v) is 4.73. The van der Waals surface area contributed by atoms with E-state index in [-0.39, 0.29) is 6.01 Å². The molecular weight excluding hydrogens is 254 g/mol. The zero-order valence-corrected chi connectivity index (χ0v) is 11.8. The molecule has 0 atom stereocenters. The van der Waals surface area contributed by atoms with Crippen LogP contribution in [0.1, 0.15) is 39.0 Å². The van der Waals surface area contributed by atoms with Crippen molar-refractivity contribution in [1.82, 2.24) is 10.2 Å². The number of unbranched alkanes of at least 4 members (excludes halogenated alkanes) is 4. The monoisotopic (exact) mass is 275 g/mol. The van der Waals surface area contributed by atoms with Crippen LogP contribution >= 0.6 is 0 Å². The molecule has 108 valence electrons. The fourth-order valence-electron chi connectivity index (χ4n) is 1.94. The minimum Gasteiger partial charge on any atom is -0.494 e. The lowest BCUT2D eigenvalue weighted by atomic mass is 10.2. The maximum atomic E-state index is 5.69. The number of hydrogen-bond acceptors (Lipinski definition) is 5. The van der Waals surface area contributed by atoms with Crippen LogP contribution in [0.3, 0.4) is 0 Å². The van der Waals surface area contributed by atoms with Crippen LogP contribution in [-0.4, -0.2) is 16.8 Å². The van der Waals surface area contributed by atoms with Gasteiger partial charge in [0.15, 0.2) is 0 Å². The first kappa shape index (κ1) is 14.4. The molecule has 20 heavy (non-hydrogen) atoms. The average Bonchev–Trinajstić information content (AvgIpc) is 2.90. The Bertz CT molecular complexity index is 508. The van der Waals surface area contributed by atoms with Gasteiger partial charge in [-0.2, -0.15) is 0 Å². The second-order valence-electron chi connectivity index (χ2n) is 4.73. The fraction of sp³-hybridized carbons (Fsp3) is 0.467. The highest BCUT2D eigenvalue weighted by molar-refractivity contribution is 5.54. The molecule has 0 saturated carbocycles. The molecule has 2 rings (SSSR count). The molecule has 0 radical (unpaired) electrons. The maximum Gasteiger partial charge on any atom is 0.313 e. The molecule has 0 aliphatic rings. The zero-order valence-electron chi connectivity index (χ0n) is 11.8. The van der Waals surface area contributed by atoms with Crippen molar-refractivity contribution in [1.29, 1.82) is 0 Å². The minimum atomic E-state index is 0.0763. The number of benzene rings is 1. The van der Waals surface area contributed by atoms with Gasteiger partial charge in [0, 0.05) is 5.56 Å². The summed E-state index contributed by atoms with van der Waals surface area (Å²) in [7, 11) is 0. The van der Waals surface area contributed by atoms with Gasteiger partial charge < -0.3 is 14.9 Å². The van der Waals surface area contributed by atoms with E-state index in [4.69, 9.17) is 14.9 Å². The minimum absolute atomic E-state index is 0.0763. The third-order valence-electron chi connectivity index (χ3n) is 3.06. The van der Waals surface area contributed by atoms with Gasteiger partial charge >= 0.3 is 6.01 Å². The summed E-state index contributed by atoms with van der Waals surface area (Å²) in [6, 6.07) is 7.66. The van der Waals surface area contributed by atoms with Crippen LogP contribution in [-0.2, 0) is 0 Å². The summed E-state index contributed by atoms with van der Waals surface area (Å²) >= 11 is 0. The molecule has 1 aromatic heterocycles. The van der Waals surface area contributed by atoms with Crippen molar-refractivity contribution in [3.8, 4) is 17.2 Å². The van der Waals surface area contributed by atoms with Gasteiger partial charge in [0.1, 0.15) is 5.75 Å². The van der Waals surface area contributed by atoms with Crippen LogP contribution < -0.4 is 10.5 Å². The number of nitrogen functional groups attached to an aromatic ring is 1. The van der Waals surface area contributed by atoms with Gasteiger partial charge in [-0.15, -0.1) is 5.10 Å². The Labute approximate surface area is 119 Å². The van der Waals surface area contributed by atoms with Gasteiger partial charge in [-0.3, -0.25) is 0 Å². The lowest BCUT2D eigenvalue weighted by Crippen LogP contribution is -1.97. The molecule has 2 N–H and O–H groups in total. The first-order valence-corrected chi connectivity index (χ1v) is 7.12. The molecule has 0 aliphatic heterocycles. The molecule has 1 aromatic carbocycles. The SMILES string of the molecule is CCCCCCCOc1ccc(-c2nnc(N)o2)cc1. The Morgan fingerprint density at radius 1 is 1.05 bits per heavy atom. The molecule has 5 heteroatoms. The van der Waals surface area contributed by atoms with E-state index in [9.17, 15) is 0 Å². The quantitative estimate of drug-likeness (QED) is 0.744. The Balaban J connectivity index is 1.77. The fourth-order valence-corrected chi connectivity index (χ4v) is 1.94. The predicted molar refractivity (Wildman–Crippen MR) is 78.4 cm³/mol. The van der Waals surface area contributed by atoms with E-state index in [0.717, 1.165) is 24.3 Å². The van der Waals surface area contributed by atoms with Crippen molar-refractivity contribution < 1.29 is 9.15 Å². The molecule has 0 aliphatic carbocycles. The van der Waals surface area contributed by atoms with E-state index in [1.165, 1.54) is 25.7 Å². The van der Waals surface area contributed by atoms with E-state index in [0.29, 0.717) is 5.89 Å². The van der Waals surface area contributed by atoms with E-state index in [2.05, 4.69) is 17.1 Å². The van der Waals surface area contributed by atoms with Crippen molar-refractivity contribution >= 4 is 6.01 Å². The molecule has 0 spiro atoms. The van der Waals surface area contributed by atoms with Crippen LogP contribution in [0.25, 0.3) is 11.5 Å². The smallest absolute Gasteiger partial charge is 0.313 e. The Morgan fingerprint density at radius 2 is 1.80 bits per heavy atom. The third-order valence-corrected chi connectivity index (χ3v) is 3.06. The topological polar surface area (TPSA) is 74.2 Å². The van der Waals surface area contributed by atoms with Gasteiger partial charge in [-0.05, 0) is 30.7 Å². The highest BCUT2D eigenvalue weighted by Crippen LogP contribution is 2.21. The van der Waals surface area contributed by atoms with E-state index in [1.54, 1.807) is 0 Å². The third kappa shape index (κ3) is 4.26. The molecule has 0 bridgehead atoms. The van der Waals surface area contributed by atoms with Crippen LogP contribution in [0.5, 0.6) is 5.75 Å². The first-order valence-electron chi connectivity index (χ1n) is 7.12. The van der Waals surface area contributed by atoms with E-state index in [1.807, 2.05) is 24.3 Å². The second kappa shape index (κ2) is 7.53. The summed E-state index contributed by atoms with van der Waals surface area (Å²) in [5, 5.41) is 7.47. The van der Waals surface area contributed by atoms with Crippen molar-refractivity contribution in [3.63, 3.8) is 0 Å². The van der Waals surface area contributed by atoms with Gasteiger partial charge in [0.05, 0.1) is 6.61 Å². The molecule has 0 unspecified atom stereocenters. The summed E-state index contributed by atoms with van der Waals surface area (Å²) in [5.74, 6) is 1.28. The van der Waals surface area contributed by atoms with Crippen LogP contribution in [0.2, 0.25) is 0 Å². The lowest BCUT2D eigenvalue weighted by molar-refractivity contribution is 0.304. The van der Waals surface area contributed by atoms with E-state index < -0.39 is 0 Å². The van der Waals surface area contributed by atoms with Crippen LogP contribution in [0.15, 0.2) is 28.7 Å². The first-order chi connectivity index (χ1) is 9.79. The van der Waals surface area contributed by atoms with Crippen molar-refractivity contribution in [3.05, 3.63) is 24.3 Å². The summed E-state index contributed by atoms with van der Waals surface area (Å²) in [4.78, 5) is 0. The van der Waals surface area contributed by atoms with Crippen molar-refractivity contribution in [2.75, 3.05) is 12.3 Å². The number of nitrogens with two attached hydrogens (primary N) is 1. The Hall–Kier alpha value is -2.04. The standard InChI is InChI=1S/C15H21N3O2/c1-2-3-4-5-6-11-19-13-9-7-12(8-10-13)14-17-18-15(16)20-14/h7-10H,2-6,11H2,1H3,(H2,16,18). The number of nitrogens with zero attached hydrogens (tertiary/aromatic N) is 2. The largest absolute Gasteiger partial charge is 0.494 e. The number of anilines is 1. The summed E-state index contributed by atoms with van der Waals surface area (Å²) in [6.45, 7) is 2.98. The number of ether oxygens (including phenoxy) is 1. The maximum absolute atomic E-state index is 5.69. The molecule has 2 aromatic rings. The van der Waals surface area contributed by atoms with E-state index >= 15 is 0 Å². The molecule has 0 saturated heterocycles. The molecule has 5 nitrogen and oxygen atoms in total. The molecule has 1 heterocycles. The normalized spacial score (nSPS) is 10.7. The summed E-state index contributed by atoms with van der Waals surface area (Å²) in [5.41, 5.74) is 6.23. The molecular formula is C15H21N3O2. The highest BCUT2D eigenvalue weighted by atomic mass is 16.5. The van der Waals surface area contributed by atoms with Gasteiger partial charge in [0.2, 0.25) is 5.89 Å². The molecule has 0 fully saturated rings. The summed E-state index contributed by atoms with van der Waals surface area (Å²) < 4.78 is 10.9. The van der Waals surface area contributed by atoms with Crippen molar-refractivity contribution in [2.24, 2.45) is 0 Å². The van der Waals surface area contributed by atoms with Gasteiger partial charge in [-0.25, -0.2) is 0 Å². The van der Waals surface area contributed by atoms with Crippen molar-refractivity contribution in [2.45, 2.75) is 39.0 Å². The van der Waals surface area contributed by atoms with Gasteiger partial charge in [-0.1, -0.05) is 37.7 Å². The number of aromatic nitrogens is 2. The summed E-state index contributed by atoms with van der Waals surface area (Å²) in [6.07, 6.45) is 6.19. The lowest BCUT2D eigenvalue weighted by Gasteiger charge is -2.06. The zero-order chi connectivity index (χ0) is 14.2. The predicted octanol–water partition coefficient (Wildman–Crippen LogP) is 3.67. The van der Waals surface area contributed by atoms with Crippen LogP contribution in [0, 0.1) is 0 Å². The molecule has 0 amide bonds.